The monoisotopic (exact) mass is 255 g/mol. The van der Waals surface area contributed by atoms with E-state index in [0.717, 1.165) is 6.54 Å². The lowest BCUT2D eigenvalue weighted by molar-refractivity contribution is 0.243. The van der Waals surface area contributed by atoms with Gasteiger partial charge in [-0.3, -0.25) is 4.90 Å². The van der Waals surface area contributed by atoms with Crippen molar-refractivity contribution in [1.82, 2.24) is 4.90 Å². The molecule has 0 radical (unpaired) electrons. The van der Waals surface area contributed by atoms with Crippen molar-refractivity contribution in [1.29, 1.82) is 0 Å². The van der Waals surface area contributed by atoms with Crippen LogP contribution in [0.4, 0.5) is 0 Å². The molecule has 0 aliphatic rings. The zero-order chi connectivity index (χ0) is 10.6. The Morgan fingerprint density at radius 2 is 2.00 bits per heavy atom. The van der Waals surface area contributed by atoms with Gasteiger partial charge in [0.25, 0.3) is 0 Å². The van der Waals surface area contributed by atoms with Crippen molar-refractivity contribution in [3.8, 4) is 0 Å². The number of nitrogens with zero attached hydrogens (tertiary/aromatic N) is 1. The van der Waals surface area contributed by atoms with Crippen LogP contribution in [0.25, 0.3) is 0 Å². The van der Waals surface area contributed by atoms with Crippen molar-refractivity contribution in [3.05, 3.63) is 34.3 Å². The number of benzene rings is 1. The first-order valence-electron chi connectivity index (χ1n) is 5.08. The fraction of sp³-hybridized carbons (Fsp3) is 0.500. The predicted octanol–water partition coefficient (Wildman–Crippen LogP) is 3.68. The Morgan fingerprint density at radius 3 is 2.57 bits per heavy atom. The first kappa shape index (κ1) is 11.7. The highest BCUT2D eigenvalue weighted by Crippen LogP contribution is 2.18. The third kappa shape index (κ3) is 3.10. The summed E-state index contributed by atoms with van der Waals surface area (Å²) < 4.78 is 1.20. The summed E-state index contributed by atoms with van der Waals surface area (Å²) in [6, 6.07) is 9.05. The van der Waals surface area contributed by atoms with Gasteiger partial charge in [0.15, 0.2) is 0 Å². The van der Waals surface area contributed by atoms with Crippen LogP contribution in [0, 0.1) is 0 Å². The molecule has 14 heavy (non-hydrogen) atoms. The maximum Gasteiger partial charge on any atom is 0.0244 e. The Hall–Kier alpha value is -0.340. The van der Waals surface area contributed by atoms with Gasteiger partial charge in [-0.05, 0) is 32.0 Å². The summed E-state index contributed by atoms with van der Waals surface area (Å²) in [5.74, 6) is 0. The van der Waals surface area contributed by atoms with Gasteiger partial charge in [0.05, 0.1) is 0 Å². The average molecular weight is 256 g/mol. The standard InChI is InChI=1S/C12H18BrN/c1-4-10(2)14(3)9-11-7-5-6-8-12(11)13/h5-8,10H,4,9H2,1-3H3/t10-/m1/s1. The SMILES string of the molecule is CC[C@@H](C)N(C)Cc1ccccc1Br. The van der Waals surface area contributed by atoms with Crippen molar-refractivity contribution in [2.24, 2.45) is 0 Å². The third-order valence-electron chi connectivity index (χ3n) is 2.72. The summed E-state index contributed by atoms with van der Waals surface area (Å²) >= 11 is 3.57. The molecule has 1 aromatic carbocycles. The van der Waals surface area contributed by atoms with Crippen LogP contribution in [-0.4, -0.2) is 18.0 Å². The van der Waals surface area contributed by atoms with Gasteiger partial charge in [0.2, 0.25) is 0 Å². The molecule has 0 saturated carbocycles. The van der Waals surface area contributed by atoms with E-state index in [2.05, 4.69) is 66.0 Å². The van der Waals surface area contributed by atoms with E-state index in [-0.39, 0.29) is 0 Å². The van der Waals surface area contributed by atoms with Gasteiger partial charge in [0, 0.05) is 17.1 Å². The number of rotatable bonds is 4. The second-order valence-electron chi connectivity index (χ2n) is 3.76. The normalized spacial score (nSPS) is 13.2. The average Bonchev–Trinajstić information content (AvgIpc) is 2.20. The van der Waals surface area contributed by atoms with Gasteiger partial charge >= 0.3 is 0 Å². The van der Waals surface area contributed by atoms with E-state index in [1.807, 2.05) is 0 Å². The smallest absolute Gasteiger partial charge is 0.0244 e. The van der Waals surface area contributed by atoms with Crippen molar-refractivity contribution < 1.29 is 0 Å². The fourth-order valence-electron chi connectivity index (χ4n) is 1.36. The second kappa shape index (κ2) is 5.52. The Kier molecular flexibility index (Phi) is 4.63. The molecule has 0 fully saturated rings. The Balaban J connectivity index is 2.64. The fourth-order valence-corrected chi connectivity index (χ4v) is 1.77. The van der Waals surface area contributed by atoms with Crippen molar-refractivity contribution in [3.63, 3.8) is 0 Å². The molecule has 0 N–H and O–H groups in total. The molecule has 0 heterocycles. The summed E-state index contributed by atoms with van der Waals surface area (Å²) in [5.41, 5.74) is 1.36. The molecule has 1 aromatic rings. The van der Waals surface area contributed by atoms with Crippen LogP contribution in [0.2, 0.25) is 0 Å². The van der Waals surface area contributed by atoms with Crippen LogP contribution < -0.4 is 0 Å². The van der Waals surface area contributed by atoms with Crippen LogP contribution >= 0.6 is 15.9 Å². The summed E-state index contributed by atoms with van der Waals surface area (Å²) in [5, 5.41) is 0. The van der Waals surface area contributed by atoms with Gasteiger partial charge in [-0.1, -0.05) is 41.1 Å². The van der Waals surface area contributed by atoms with E-state index in [1.54, 1.807) is 0 Å². The molecule has 0 aromatic heterocycles. The maximum atomic E-state index is 3.57. The molecule has 0 saturated heterocycles. The highest BCUT2D eigenvalue weighted by atomic mass is 79.9. The van der Waals surface area contributed by atoms with Gasteiger partial charge in [-0.25, -0.2) is 0 Å². The number of hydrogen-bond acceptors (Lipinski definition) is 1. The molecule has 0 aliphatic carbocycles. The Bertz CT molecular complexity index is 285. The summed E-state index contributed by atoms with van der Waals surface area (Å²) in [7, 11) is 2.17. The highest BCUT2D eigenvalue weighted by Gasteiger charge is 2.08. The topological polar surface area (TPSA) is 3.24 Å². The highest BCUT2D eigenvalue weighted by molar-refractivity contribution is 9.10. The van der Waals surface area contributed by atoms with E-state index < -0.39 is 0 Å². The quantitative estimate of drug-likeness (QED) is 0.794. The molecule has 0 bridgehead atoms. The molecule has 1 nitrogen and oxygen atoms in total. The van der Waals surface area contributed by atoms with Gasteiger partial charge < -0.3 is 0 Å². The lowest BCUT2D eigenvalue weighted by Crippen LogP contribution is -2.27. The van der Waals surface area contributed by atoms with Gasteiger partial charge in [0.1, 0.15) is 0 Å². The molecule has 0 unspecified atom stereocenters. The minimum absolute atomic E-state index is 0.641. The second-order valence-corrected chi connectivity index (χ2v) is 4.62. The number of hydrogen-bond donors (Lipinski definition) is 0. The van der Waals surface area contributed by atoms with Crippen molar-refractivity contribution >= 4 is 15.9 Å². The minimum Gasteiger partial charge on any atom is -0.299 e. The van der Waals surface area contributed by atoms with Crippen molar-refractivity contribution in [2.45, 2.75) is 32.9 Å². The predicted molar refractivity (Wildman–Crippen MR) is 65.4 cm³/mol. The van der Waals surface area contributed by atoms with E-state index in [0.29, 0.717) is 6.04 Å². The molecular weight excluding hydrogens is 238 g/mol. The summed E-state index contributed by atoms with van der Waals surface area (Å²) in [6.45, 7) is 5.49. The molecule has 0 amide bonds. The van der Waals surface area contributed by atoms with Crippen molar-refractivity contribution in [2.75, 3.05) is 7.05 Å². The lowest BCUT2D eigenvalue weighted by atomic mass is 10.1. The number of halogens is 1. The maximum absolute atomic E-state index is 3.57. The van der Waals surface area contributed by atoms with E-state index >= 15 is 0 Å². The van der Waals surface area contributed by atoms with Crippen LogP contribution in [0.15, 0.2) is 28.7 Å². The Morgan fingerprint density at radius 1 is 1.36 bits per heavy atom. The van der Waals surface area contributed by atoms with E-state index in [1.165, 1.54) is 16.5 Å². The molecule has 1 atom stereocenters. The molecule has 0 aliphatic heterocycles. The first-order valence-corrected chi connectivity index (χ1v) is 5.88. The Labute approximate surface area is 95.2 Å². The molecule has 0 spiro atoms. The van der Waals surface area contributed by atoms with Gasteiger partial charge in [-0.15, -0.1) is 0 Å². The molecule has 78 valence electrons. The lowest BCUT2D eigenvalue weighted by Gasteiger charge is -2.23. The zero-order valence-electron chi connectivity index (χ0n) is 9.13. The largest absolute Gasteiger partial charge is 0.299 e. The molecular formula is C12H18BrN. The van der Waals surface area contributed by atoms with Crippen LogP contribution in [0.3, 0.4) is 0 Å². The van der Waals surface area contributed by atoms with E-state index in [4.69, 9.17) is 0 Å². The molecule has 2 heteroatoms. The van der Waals surface area contributed by atoms with Crippen LogP contribution in [0.1, 0.15) is 25.8 Å². The molecule has 1 rings (SSSR count). The van der Waals surface area contributed by atoms with E-state index in [9.17, 15) is 0 Å². The van der Waals surface area contributed by atoms with Crippen LogP contribution in [0.5, 0.6) is 0 Å². The minimum atomic E-state index is 0.641. The third-order valence-corrected chi connectivity index (χ3v) is 3.49. The summed E-state index contributed by atoms with van der Waals surface area (Å²) in [4.78, 5) is 2.38. The first-order chi connectivity index (χ1) is 6.65. The summed E-state index contributed by atoms with van der Waals surface area (Å²) in [6.07, 6.45) is 1.20. The zero-order valence-corrected chi connectivity index (χ0v) is 10.7. The van der Waals surface area contributed by atoms with Gasteiger partial charge in [-0.2, -0.15) is 0 Å². The van der Waals surface area contributed by atoms with Crippen LogP contribution in [-0.2, 0) is 6.54 Å².